The molecule has 0 aliphatic carbocycles. The van der Waals surface area contributed by atoms with Gasteiger partial charge in [0.05, 0.1) is 24.1 Å². The number of amides is 2. The number of anilines is 3. The largest absolute Gasteiger partial charge is 0.480 e. The van der Waals surface area contributed by atoms with Gasteiger partial charge in [0.1, 0.15) is 6.04 Å². The smallest absolute Gasteiger partial charge is 0.326 e. The molecule has 8 N–H and O–H groups in total. The standard InChI is InChI=1S/C37H42N10O7S3/c38-36-46-32-31(34(51)47-36)42-26(21-40-32)20-39-25-13-11-24(12-14-25)33(50)43-27(35(52)53)15-16-30(49)54-41-17-19-57-56-18-7-2-1-6-10-29(48)45-37-44-28(22-55-37)23-8-4-3-5-9-23/h3-5,8-9,11-14,21-22,27,39,41H,1-2,6-7,10,15-20H2,(H,43,50)(H,52,53)(H,44,45,48)(H3,38,40,46,47,51)/t27-/m0/s1. The Kier molecular flexibility index (Phi) is 16.6. The zero-order valence-corrected chi connectivity index (χ0v) is 33.1. The number of carbonyl (C=O) groups is 4. The number of carbonyl (C=O) groups excluding carboxylic acids is 3. The summed E-state index contributed by atoms with van der Waals surface area (Å²) in [6, 6.07) is 14.8. The number of nitrogens with two attached hydrogens (primary N) is 1. The van der Waals surface area contributed by atoms with Gasteiger partial charge in [0, 0.05) is 53.1 Å². The summed E-state index contributed by atoms with van der Waals surface area (Å²) in [6.07, 6.45) is 5.38. The van der Waals surface area contributed by atoms with Crippen LogP contribution in [0.5, 0.6) is 0 Å². The van der Waals surface area contributed by atoms with Gasteiger partial charge in [-0.3, -0.25) is 24.2 Å². The minimum atomic E-state index is -1.30. The second-order valence-corrected chi connectivity index (χ2v) is 16.0. The number of nitrogens with one attached hydrogen (secondary N) is 5. The molecule has 0 unspecified atom stereocenters. The van der Waals surface area contributed by atoms with E-state index in [1.54, 1.807) is 33.7 Å². The SMILES string of the molecule is Nc1nc2ncc(CNc3ccc(C(=O)N[C@@H](CCC(=O)ONCCSSCCCCCCC(=O)Nc4nc(-c5ccccc5)cs4)C(=O)O)cc3)nc2c(=O)[nH]1. The second-order valence-electron chi connectivity index (χ2n) is 12.4. The summed E-state index contributed by atoms with van der Waals surface area (Å²) < 4.78 is 0. The highest BCUT2D eigenvalue weighted by Crippen LogP contribution is 2.25. The van der Waals surface area contributed by atoms with E-state index in [1.165, 1.54) is 29.7 Å². The number of H-pyrrole nitrogens is 1. The molecule has 0 fully saturated rings. The number of benzene rings is 2. The van der Waals surface area contributed by atoms with Crippen molar-refractivity contribution in [2.45, 2.75) is 57.5 Å². The Labute approximate surface area is 339 Å². The Hall–Kier alpha value is -5.57. The number of hydrogen-bond acceptors (Lipinski definition) is 16. The Bertz CT molecular complexity index is 2170. The third-order valence-electron chi connectivity index (χ3n) is 8.11. The lowest BCUT2D eigenvalue weighted by Crippen LogP contribution is -2.41. The molecule has 20 heteroatoms. The van der Waals surface area contributed by atoms with Crippen LogP contribution in [0.15, 0.2) is 71.0 Å². The van der Waals surface area contributed by atoms with Crippen molar-refractivity contribution >= 4 is 84.6 Å². The molecule has 0 aliphatic heterocycles. The summed E-state index contributed by atoms with van der Waals surface area (Å²) in [7, 11) is 3.37. The first-order valence-electron chi connectivity index (χ1n) is 18.0. The summed E-state index contributed by atoms with van der Waals surface area (Å²) in [5, 5.41) is 20.6. The number of thiazole rings is 1. The fraction of sp³-hybridized carbons (Fsp3) is 0.324. The fourth-order valence-corrected chi connectivity index (χ4v) is 7.96. The molecule has 1 atom stereocenters. The Morgan fingerprint density at radius 3 is 2.49 bits per heavy atom. The molecule has 2 aromatic carbocycles. The van der Waals surface area contributed by atoms with Crippen molar-refractivity contribution in [3.8, 4) is 11.3 Å². The summed E-state index contributed by atoms with van der Waals surface area (Å²) in [5.74, 6) is -0.962. The van der Waals surface area contributed by atoms with Gasteiger partial charge >= 0.3 is 11.9 Å². The molecule has 0 aliphatic rings. The molecule has 3 aromatic heterocycles. The van der Waals surface area contributed by atoms with Crippen LogP contribution in [0, 0.1) is 0 Å². The zero-order valence-electron chi connectivity index (χ0n) is 30.7. The lowest BCUT2D eigenvalue weighted by atomic mass is 10.1. The molecule has 300 valence electrons. The molecule has 0 bridgehead atoms. The monoisotopic (exact) mass is 834 g/mol. The van der Waals surface area contributed by atoms with E-state index in [0.717, 1.165) is 42.7 Å². The second kappa shape index (κ2) is 22.2. The summed E-state index contributed by atoms with van der Waals surface area (Å²) in [4.78, 5) is 85.4. The number of hydrogen-bond donors (Lipinski definition) is 7. The Morgan fingerprint density at radius 1 is 0.930 bits per heavy atom. The highest BCUT2D eigenvalue weighted by molar-refractivity contribution is 8.76. The van der Waals surface area contributed by atoms with Crippen LogP contribution in [0.1, 0.15) is 61.0 Å². The van der Waals surface area contributed by atoms with E-state index in [9.17, 15) is 29.1 Å². The van der Waals surface area contributed by atoms with Crippen LogP contribution in [0.3, 0.4) is 0 Å². The van der Waals surface area contributed by atoms with Gasteiger partial charge in [-0.2, -0.15) is 10.5 Å². The van der Waals surface area contributed by atoms with Gasteiger partial charge in [-0.15, -0.1) is 11.3 Å². The molecule has 5 rings (SSSR count). The lowest BCUT2D eigenvalue weighted by Gasteiger charge is -2.14. The quantitative estimate of drug-likeness (QED) is 0.0259. The van der Waals surface area contributed by atoms with Crippen molar-refractivity contribution in [1.29, 1.82) is 0 Å². The number of aliphatic carboxylic acids is 1. The third kappa shape index (κ3) is 14.1. The molecule has 0 radical (unpaired) electrons. The van der Waals surface area contributed by atoms with E-state index < -0.39 is 29.4 Å². The van der Waals surface area contributed by atoms with Crippen molar-refractivity contribution < 1.29 is 29.1 Å². The van der Waals surface area contributed by atoms with Crippen LogP contribution < -0.4 is 32.7 Å². The number of nitrogen functional groups attached to an aromatic ring is 1. The maximum atomic E-state index is 12.8. The average molecular weight is 835 g/mol. The van der Waals surface area contributed by atoms with Crippen molar-refractivity contribution in [3.05, 3.63) is 87.8 Å². The third-order valence-corrected chi connectivity index (χ3v) is 11.4. The number of nitrogens with zero attached hydrogens (tertiary/aromatic N) is 4. The first kappa shape index (κ1) is 42.6. The first-order valence-corrected chi connectivity index (χ1v) is 21.4. The molecule has 0 spiro atoms. The number of aromatic nitrogens is 5. The van der Waals surface area contributed by atoms with E-state index in [2.05, 4.69) is 46.4 Å². The van der Waals surface area contributed by atoms with Crippen molar-refractivity contribution in [1.82, 2.24) is 35.7 Å². The number of hydroxylamine groups is 1. The maximum absolute atomic E-state index is 12.8. The predicted octanol–water partition coefficient (Wildman–Crippen LogP) is 5.01. The normalized spacial score (nSPS) is 11.5. The van der Waals surface area contributed by atoms with Crippen LogP contribution >= 0.6 is 32.9 Å². The Morgan fingerprint density at radius 2 is 1.70 bits per heavy atom. The van der Waals surface area contributed by atoms with Crippen molar-refractivity contribution in [2.75, 3.05) is 34.4 Å². The minimum absolute atomic E-state index is 0.0257. The van der Waals surface area contributed by atoms with Crippen LogP contribution in [-0.2, 0) is 25.8 Å². The van der Waals surface area contributed by atoms with Crippen molar-refractivity contribution in [3.63, 3.8) is 0 Å². The number of unbranched alkanes of at least 4 members (excludes halogenated alkanes) is 3. The molecule has 57 heavy (non-hydrogen) atoms. The molecule has 5 aromatic rings. The van der Waals surface area contributed by atoms with Crippen LogP contribution in [0.2, 0.25) is 0 Å². The number of carboxylic acids is 1. The molecule has 3 heterocycles. The number of aromatic amines is 1. The van der Waals surface area contributed by atoms with Crippen LogP contribution in [-0.4, -0.2) is 77.9 Å². The van der Waals surface area contributed by atoms with Crippen molar-refractivity contribution in [2.24, 2.45) is 0 Å². The zero-order chi connectivity index (χ0) is 40.4. The summed E-state index contributed by atoms with van der Waals surface area (Å²) >= 11 is 1.42. The van der Waals surface area contributed by atoms with Gasteiger partial charge in [0.25, 0.3) is 11.5 Å². The average Bonchev–Trinajstić information content (AvgIpc) is 3.67. The molecule has 17 nitrogen and oxygen atoms in total. The van der Waals surface area contributed by atoms with Gasteiger partial charge in [0.2, 0.25) is 11.9 Å². The van der Waals surface area contributed by atoms with E-state index >= 15 is 0 Å². The van der Waals surface area contributed by atoms with E-state index in [1.807, 2.05) is 35.7 Å². The topological polar surface area (TPSA) is 256 Å². The van der Waals surface area contributed by atoms with Crippen LogP contribution in [0.25, 0.3) is 22.4 Å². The molecular formula is C37H42N10O7S3. The Balaban J connectivity index is 0.870. The van der Waals surface area contributed by atoms with E-state index in [4.69, 9.17) is 10.6 Å². The van der Waals surface area contributed by atoms with Gasteiger partial charge in [-0.1, -0.05) is 64.8 Å². The van der Waals surface area contributed by atoms with Gasteiger partial charge in [0.15, 0.2) is 16.3 Å². The molecule has 0 saturated carbocycles. The first-order chi connectivity index (χ1) is 27.6. The highest BCUT2D eigenvalue weighted by atomic mass is 33.1. The van der Waals surface area contributed by atoms with E-state index in [0.29, 0.717) is 35.2 Å². The fourth-order valence-electron chi connectivity index (χ4n) is 5.19. The summed E-state index contributed by atoms with van der Waals surface area (Å²) in [5.41, 5.74) is 11.0. The van der Waals surface area contributed by atoms with Gasteiger partial charge in [-0.25, -0.2) is 19.7 Å². The molecule has 2 amide bonds. The number of carboxylic acid groups (broad SMARTS) is 1. The van der Waals surface area contributed by atoms with Gasteiger partial charge < -0.3 is 31.6 Å². The lowest BCUT2D eigenvalue weighted by molar-refractivity contribution is -0.151. The highest BCUT2D eigenvalue weighted by Gasteiger charge is 2.22. The maximum Gasteiger partial charge on any atom is 0.326 e. The minimum Gasteiger partial charge on any atom is -0.480 e. The predicted molar refractivity (Wildman–Crippen MR) is 223 cm³/mol. The number of fused-ring (bicyclic) bond motifs is 1. The van der Waals surface area contributed by atoms with E-state index in [-0.39, 0.29) is 48.0 Å². The molecular weight excluding hydrogens is 793 g/mol. The summed E-state index contributed by atoms with van der Waals surface area (Å²) in [6.45, 7) is 0.636. The number of rotatable bonds is 23. The molecule has 0 saturated heterocycles. The van der Waals surface area contributed by atoms with Gasteiger partial charge in [-0.05, 0) is 43.5 Å². The van der Waals surface area contributed by atoms with Crippen LogP contribution in [0.4, 0.5) is 16.8 Å².